The van der Waals surface area contributed by atoms with Crippen molar-refractivity contribution in [1.29, 1.82) is 0 Å². The Bertz CT molecular complexity index is 1090. The van der Waals surface area contributed by atoms with Crippen LogP contribution in [0, 0.1) is 17.0 Å². The van der Waals surface area contributed by atoms with Crippen LogP contribution in [0.1, 0.15) is 27.0 Å². The summed E-state index contributed by atoms with van der Waals surface area (Å²) >= 11 is 0. The third kappa shape index (κ3) is 5.11. The van der Waals surface area contributed by atoms with Gasteiger partial charge in [-0.15, -0.1) is 0 Å². The van der Waals surface area contributed by atoms with E-state index in [0.29, 0.717) is 23.7 Å². The number of rotatable bonds is 8. The van der Waals surface area contributed by atoms with Gasteiger partial charge in [0.1, 0.15) is 6.61 Å². The van der Waals surface area contributed by atoms with Gasteiger partial charge in [-0.1, -0.05) is 54.6 Å². The quantitative estimate of drug-likeness (QED) is 0.218. The van der Waals surface area contributed by atoms with Crippen molar-refractivity contribution < 1.29 is 19.2 Å². The van der Waals surface area contributed by atoms with Crippen LogP contribution in [0.3, 0.4) is 0 Å². The van der Waals surface area contributed by atoms with Crippen molar-refractivity contribution in [2.24, 2.45) is 0 Å². The molecule has 0 saturated carbocycles. The molecule has 0 fully saturated rings. The van der Waals surface area contributed by atoms with Gasteiger partial charge in [-0.2, -0.15) is 0 Å². The second kappa shape index (κ2) is 9.52. The number of benzene rings is 3. The van der Waals surface area contributed by atoms with Gasteiger partial charge in [-0.3, -0.25) is 14.9 Å². The summed E-state index contributed by atoms with van der Waals surface area (Å²) < 4.78 is 11.2. The van der Waals surface area contributed by atoms with Crippen LogP contribution in [0.15, 0.2) is 72.8 Å². The molecule has 3 rings (SSSR count). The molecule has 3 aromatic carbocycles. The highest BCUT2D eigenvalue weighted by atomic mass is 16.6. The summed E-state index contributed by atoms with van der Waals surface area (Å²) in [6, 6.07) is 19.6. The lowest BCUT2D eigenvalue weighted by atomic mass is 10.1. The van der Waals surface area contributed by atoms with Gasteiger partial charge in [-0.25, -0.2) is 0 Å². The molecule has 0 heterocycles. The van der Waals surface area contributed by atoms with Gasteiger partial charge >= 0.3 is 0 Å². The van der Waals surface area contributed by atoms with E-state index in [2.05, 4.69) is 0 Å². The minimum Gasteiger partial charge on any atom is -0.493 e. The number of aryl methyl sites for hydroxylation is 1. The molecule has 0 atom stereocenters. The lowest BCUT2D eigenvalue weighted by molar-refractivity contribution is -0.385. The van der Waals surface area contributed by atoms with Gasteiger partial charge in [-0.05, 0) is 36.3 Å². The van der Waals surface area contributed by atoms with Gasteiger partial charge in [0.2, 0.25) is 0 Å². The predicted octanol–water partition coefficient (Wildman–Crippen LogP) is 5.39. The molecule has 30 heavy (non-hydrogen) atoms. The Morgan fingerprint density at radius 1 is 1.03 bits per heavy atom. The van der Waals surface area contributed by atoms with E-state index in [1.54, 1.807) is 44.4 Å². The van der Waals surface area contributed by atoms with Crippen LogP contribution in [0.2, 0.25) is 0 Å². The van der Waals surface area contributed by atoms with Crippen molar-refractivity contribution in [2.75, 3.05) is 7.11 Å². The molecule has 0 radical (unpaired) electrons. The highest BCUT2D eigenvalue weighted by molar-refractivity contribution is 6.07. The molecule has 6 heteroatoms. The van der Waals surface area contributed by atoms with Crippen molar-refractivity contribution in [3.8, 4) is 11.5 Å². The third-order valence-electron chi connectivity index (χ3n) is 4.54. The fourth-order valence-electron chi connectivity index (χ4n) is 2.87. The monoisotopic (exact) mass is 403 g/mol. The molecule has 0 aliphatic carbocycles. The Hall–Kier alpha value is -3.93. The van der Waals surface area contributed by atoms with Crippen LogP contribution in [-0.2, 0) is 6.61 Å². The SMILES string of the molecule is COc1cc(/C=C/C(=O)c2ccc(C)c([N+](=O)[O-])c2)ccc1OCc1ccccc1. The molecule has 0 aromatic heterocycles. The molecule has 6 nitrogen and oxygen atoms in total. The number of ketones is 1. The van der Waals surface area contributed by atoms with E-state index < -0.39 is 4.92 Å². The Balaban J connectivity index is 1.73. The molecule has 0 N–H and O–H groups in total. The fraction of sp³-hybridized carbons (Fsp3) is 0.125. The van der Waals surface area contributed by atoms with Crippen molar-refractivity contribution in [3.63, 3.8) is 0 Å². The van der Waals surface area contributed by atoms with Crippen LogP contribution in [0.5, 0.6) is 11.5 Å². The smallest absolute Gasteiger partial charge is 0.273 e. The van der Waals surface area contributed by atoms with Gasteiger partial charge < -0.3 is 9.47 Å². The zero-order chi connectivity index (χ0) is 21.5. The van der Waals surface area contributed by atoms with E-state index >= 15 is 0 Å². The summed E-state index contributed by atoms with van der Waals surface area (Å²) in [5.41, 5.74) is 2.49. The first-order valence-corrected chi connectivity index (χ1v) is 9.30. The Morgan fingerprint density at radius 2 is 1.80 bits per heavy atom. The molecule has 0 unspecified atom stereocenters. The number of nitro groups is 1. The molecule has 0 amide bonds. The first-order chi connectivity index (χ1) is 14.5. The Kier molecular flexibility index (Phi) is 6.60. The van der Waals surface area contributed by atoms with Crippen LogP contribution in [0.25, 0.3) is 6.08 Å². The van der Waals surface area contributed by atoms with E-state index in [1.807, 2.05) is 36.4 Å². The van der Waals surface area contributed by atoms with E-state index in [9.17, 15) is 14.9 Å². The lowest BCUT2D eigenvalue weighted by Gasteiger charge is -2.11. The number of ether oxygens (including phenoxy) is 2. The highest BCUT2D eigenvalue weighted by Gasteiger charge is 2.13. The van der Waals surface area contributed by atoms with Crippen LogP contribution < -0.4 is 9.47 Å². The first kappa shape index (κ1) is 20.8. The summed E-state index contributed by atoms with van der Waals surface area (Å²) in [6.45, 7) is 2.05. The van der Waals surface area contributed by atoms with E-state index in [1.165, 1.54) is 12.1 Å². The third-order valence-corrected chi connectivity index (χ3v) is 4.54. The maximum Gasteiger partial charge on any atom is 0.273 e. The topological polar surface area (TPSA) is 78.7 Å². The van der Waals surface area contributed by atoms with E-state index in [4.69, 9.17) is 9.47 Å². The average molecular weight is 403 g/mol. The van der Waals surface area contributed by atoms with Crippen molar-refractivity contribution in [3.05, 3.63) is 105 Å². The van der Waals surface area contributed by atoms with Gasteiger partial charge in [0.05, 0.1) is 12.0 Å². The van der Waals surface area contributed by atoms with Crippen molar-refractivity contribution >= 4 is 17.5 Å². The molecule has 0 aliphatic rings. The minimum atomic E-state index is -0.491. The number of hydrogen-bond acceptors (Lipinski definition) is 5. The van der Waals surface area contributed by atoms with Crippen LogP contribution in [-0.4, -0.2) is 17.8 Å². The number of nitro benzene ring substituents is 1. The van der Waals surface area contributed by atoms with Crippen molar-refractivity contribution in [2.45, 2.75) is 13.5 Å². The van der Waals surface area contributed by atoms with Gasteiger partial charge in [0, 0.05) is 17.2 Å². The zero-order valence-electron chi connectivity index (χ0n) is 16.7. The minimum absolute atomic E-state index is 0.0733. The molecule has 0 spiro atoms. The molecular weight excluding hydrogens is 382 g/mol. The van der Waals surface area contributed by atoms with E-state index in [-0.39, 0.29) is 17.0 Å². The molecular formula is C24H21NO5. The summed E-state index contributed by atoms with van der Waals surface area (Å²) in [7, 11) is 1.55. The molecule has 3 aromatic rings. The Labute approximate surface area is 174 Å². The van der Waals surface area contributed by atoms with Gasteiger partial charge in [0.25, 0.3) is 5.69 Å². The summed E-state index contributed by atoms with van der Waals surface area (Å²) in [5, 5.41) is 11.1. The molecule has 0 saturated heterocycles. The standard InChI is InChI=1S/C24H21NO5/c1-17-8-11-20(15-21(17)25(27)28)22(26)12-9-18-10-13-23(24(14-18)29-2)30-16-19-6-4-3-5-7-19/h3-15H,16H2,1-2H3/b12-9+. The van der Waals surface area contributed by atoms with E-state index in [0.717, 1.165) is 11.1 Å². The summed E-state index contributed by atoms with van der Waals surface area (Å²) in [5.74, 6) is 0.826. The predicted molar refractivity (Wildman–Crippen MR) is 115 cm³/mol. The molecule has 0 aliphatic heterocycles. The first-order valence-electron chi connectivity index (χ1n) is 9.30. The highest BCUT2D eigenvalue weighted by Crippen LogP contribution is 2.29. The normalized spacial score (nSPS) is 10.7. The summed E-state index contributed by atoms with van der Waals surface area (Å²) in [6.07, 6.45) is 3.02. The zero-order valence-corrected chi connectivity index (χ0v) is 16.7. The fourth-order valence-corrected chi connectivity index (χ4v) is 2.87. The summed E-state index contributed by atoms with van der Waals surface area (Å²) in [4.78, 5) is 23.0. The maximum absolute atomic E-state index is 12.4. The van der Waals surface area contributed by atoms with Gasteiger partial charge in [0.15, 0.2) is 17.3 Å². The molecule has 0 bridgehead atoms. The number of carbonyl (C=O) groups excluding carboxylic acids is 1. The number of carbonyl (C=O) groups is 1. The van der Waals surface area contributed by atoms with Crippen molar-refractivity contribution in [1.82, 2.24) is 0 Å². The van der Waals surface area contributed by atoms with Crippen LogP contribution in [0.4, 0.5) is 5.69 Å². The number of hydrogen-bond donors (Lipinski definition) is 0. The second-order valence-corrected chi connectivity index (χ2v) is 6.64. The largest absolute Gasteiger partial charge is 0.493 e. The number of allylic oxidation sites excluding steroid dienone is 1. The average Bonchev–Trinajstić information content (AvgIpc) is 2.77. The number of nitrogens with zero attached hydrogens (tertiary/aromatic N) is 1. The lowest BCUT2D eigenvalue weighted by Crippen LogP contribution is -1.99. The van der Waals surface area contributed by atoms with Crippen LogP contribution >= 0.6 is 0 Å². The maximum atomic E-state index is 12.4. The second-order valence-electron chi connectivity index (χ2n) is 6.64. The Morgan fingerprint density at radius 3 is 2.50 bits per heavy atom. The number of methoxy groups -OCH3 is 1. The molecule has 152 valence electrons.